The molecule has 1 fully saturated rings. The second kappa shape index (κ2) is 6.33. The highest BCUT2D eigenvalue weighted by Crippen LogP contribution is 2.16. The van der Waals surface area contributed by atoms with Gasteiger partial charge < -0.3 is 15.2 Å². The van der Waals surface area contributed by atoms with Gasteiger partial charge in [0.1, 0.15) is 11.5 Å². The monoisotopic (exact) mass is 300 g/mol. The van der Waals surface area contributed by atoms with E-state index >= 15 is 0 Å². The number of piperidine rings is 1. The maximum Gasteiger partial charge on any atom is 0.269 e. The van der Waals surface area contributed by atoms with E-state index in [0.29, 0.717) is 6.54 Å². The molecule has 1 saturated heterocycles. The molecule has 0 saturated carbocycles. The van der Waals surface area contributed by atoms with Crippen molar-refractivity contribution in [3.63, 3.8) is 0 Å². The lowest BCUT2D eigenvalue weighted by atomic mass is 10.1. The minimum Gasteiger partial charge on any atom is -0.353 e. The van der Waals surface area contributed by atoms with Gasteiger partial charge in [0.2, 0.25) is 0 Å². The summed E-state index contributed by atoms with van der Waals surface area (Å²) in [4.78, 5) is 40.0. The minimum absolute atomic E-state index is 0.00744. The standard InChI is InChI=1S/C14H16N6O2/c21-13-8-16-6-11(19-13)14(22)18-10-2-1-5-20(9-10)12-7-15-3-4-17-12/h3-4,6-8,10H,1-2,5,9H2,(H,18,22)(H,19,21)/t10-/m0/s1. The molecule has 8 nitrogen and oxygen atoms in total. The molecule has 0 bridgehead atoms. The van der Waals surface area contributed by atoms with Crippen LogP contribution in [0.1, 0.15) is 23.3 Å². The van der Waals surface area contributed by atoms with Crippen LogP contribution in [0.25, 0.3) is 0 Å². The Morgan fingerprint density at radius 2 is 2.18 bits per heavy atom. The highest BCUT2D eigenvalue weighted by molar-refractivity contribution is 5.92. The molecular formula is C14H16N6O2. The summed E-state index contributed by atoms with van der Waals surface area (Å²) >= 11 is 0. The number of aromatic amines is 1. The van der Waals surface area contributed by atoms with E-state index in [-0.39, 0.29) is 17.6 Å². The quantitative estimate of drug-likeness (QED) is 0.824. The smallest absolute Gasteiger partial charge is 0.269 e. The van der Waals surface area contributed by atoms with Gasteiger partial charge in [-0.05, 0) is 12.8 Å². The number of H-pyrrole nitrogens is 1. The van der Waals surface area contributed by atoms with Gasteiger partial charge in [-0.25, -0.2) is 4.98 Å². The topological polar surface area (TPSA) is 104 Å². The van der Waals surface area contributed by atoms with Gasteiger partial charge in [0, 0.05) is 31.5 Å². The number of hydrogen-bond donors (Lipinski definition) is 2. The van der Waals surface area contributed by atoms with Crippen LogP contribution in [0.5, 0.6) is 0 Å². The summed E-state index contributed by atoms with van der Waals surface area (Å²) in [5, 5.41) is 2.92. The lowest BCUT2D eigenvalue weighted by Gasteiger charge is -2.33. The van der Waals surface area contributed by atoms with Gasteiger partial charge in [0.15, 0.2) is 0 Å². The Hall–Kier alpha value is -2.77. The molecule has 1 atom stereocenters. The van der Waals surface area contributed by atoms with E-state index in [4.69, 9.17) is 0 Å². The van der Waals surface area contributed by atoms with Crippen LogP contribution in [0, 0.1) is 0 Å². The zero-order chi connectivity index (χ0) is 15.4. The van der Waals surface area contributed by atoms with Crippen molar-refractivity contribution in [1.29, 1.82) is 0 Å². The summed E-state index contributed by atoms with van der Waals surface area (Å²) in [6, 6.07) is -0.00744. The summed E-state index contributed by atoms with van der Waals surface area (Å²) in [6.07, 6.45) is 9.30. The maximum absolute atomic E-state index is 12.1. The molecule has 1 aliphatic rings. The van der Waals surface area contributed by atoms with Crippen molar-refractivity contribution in [2.24, 2.45) is 0 Å². The third-order valence-corrected chi connectivity index (χ3v) is 3.53. The largest absolute Gasteiger partial charge is 0.353 e. The molecule has 2 N–H and O–H groups in total. The highest BCUT2D eigenvalue weighted by Gasteiger charge is 2.23. The lowest BCUT2D eigenvalue weighted by molar-refractivity contribution is 0.0927. The number of rotatable bonds is 3. The summed E-state index contributed by atoms with van der Waals surface area (Å²) in [6.45, 7) is 1.55. The van der Waals surface area contributed by atoms with Crippen LogP contribution in [-0.2, 0) is 0 Å². The molecule has 0 aliphatic carbocycles. The lowest BCUT2D eigenvalue weighted by Crippen LogP contribution is -2.48. The van der Waals surface area contributed by atoms with Crippen molar-refractivity contribution in [1.82, 2.24) is 25.3 Å². The van der Waals surface area contributed by atoms with Crippen LogP contribution < -0.4 is 15.8 Å². The number of anilines is 1. The van der Waals surface area contributed by atoms with Gasteiger partial charge in [-0.3, -0.25) is 19.6 Å². The van der Waals surface area contributed by atoms with Crippen molar-refractivity contribution in [2.45, 2.75) is 18.9 Å². The first kappa shape index (κ1) is 14.2. The molecule has 3 heterocycles. The third-order valence-electron chi connectivity index (χ3n) is 3.53. The fourth-order valence-electron chi connectivity index (χ4n) is 2.51. The molecule has 114 valence electrons. The van der Waals surface area contributed by atoms with E-state index in [1.54, 1.807) is 18.6 Å². The zero-order valence-electron chi connectivity index (χ0n) is 11.9. The predicted octanol–water partition coefficient (Wildman–Crippen LogP) is -0.0413. The van der Waals surface area contributed by atoms with E-state index in [9.17, 15) is 9.59 Å². The molecule has 22 heavy (non-hydrogen) atoms. The van der Waals surface area contributed by atoms with E-state index < -0.39 is 5.56 Å². The van der Waals surface area contributed by atoms with E-state index in [1.807, 2.05) is 0 Å². The van der Waals surface area contributed by atoms with E-state index in [1.165, 1.54) is 6.20 Å². The molecule has 1 amide bonds. The first-order valence-electron chi connectivity index (χ1n) is 7.08. The fourth-order valence-corrected chi connectivity index (χ4v) is 2.51. The molecule has 2 aromatic heterocycles. The van der Waals surface area contributed by atoms with Crippen LogP contribution in [0.2, 0.25) is 0 Å². The number of hydrogen-bond acceptors (Lipinski definition) is 6. The van der Waals surface area contributed by atoms with Crippen LogP contribution in [-0.4, -0.2) is 45.0 Å². The zero-order valence-corrected chi connectivity index (χ0v) is 11.9. The number of nitrogens with zero attached hydrogens (tertiary/aromatic N) is 4. The average molecular weight is 300 g/mol. The Labute approximate surface area is 126 Å². The van der Waals surface area contributed by atoms with Gasteiger partial charge >= 0.3 is 0 Å². The van der Waals surface area contributed by atoms with Crippen molar-refractivity contribution in [2.75, 3.05) is 18.0 Å². The molecule has 3 rings (SSSR count). The highest BCUT2D eigenvalue weighted by atomic mass is 16.2. The van der Waals surface area contributed by atoms with Gasteiger partial charge in [-0.2, -0.15) is 0 Å². The van der Waals surface area contributed by atoms with Crippen LogP contribution in [0.4, 0.5) is 5.82 Å². The number of carbonyl (C=O) groups is 1. The van der Waals surface area contributed by atoms with Gasteiger partial charge in [-0.1, -0.05) is 0 Å². The number of amides is 1. The number of aromatic nitrogens is 4. The van der Waals surface area contributed by atoms with Crippen molar-refractivity contribution >= 4 is 11.7 Å². The fraction of sp³-hybridized carbons (Fsp3) is 0.357. The molecule has 2 aromatic rings. The third kappa shape index (κ3) is 3.27. The summed E-state index contributed by atoms with van der Waals surface area (Å²) in [7, 11) is 0. The van der Waals surface area contributed by atoms with Crippen molar-refractivity contribution in [3.8, 4) is 0 Å². The molecule has 1 aliphatic heterocycles. The molecule has 0 spiro atoms. The average Bonchev–Trinajstić information content (AvgIpc) is 2.56. The number of nitrogens with one attached hydrogen (secondary N) is 2. The Kier molecular flexibility index (Phi) is 4.08. The maximum atomic E-state index is 12.1. The normalized spacial score (nSPS) is 18.0. The summed E-state index contributed by atoms with van der Waals surface area (Å²) < 4.78 is 0. The van der Waals surface area contributed by atoms with Crippen molar-refractivity contribution < 1.29 is 4.79 Å². The second-order valence-corrected chi connectivity index (χ2v) is 5.13. The van der Waals surface area contributed by atoms with E-state index in [2.05, 4.69) is 30.2 Å². The second-order valence-electron chi connectivity index (χ2n) is 5.13. The molecule has 0 aromatic carbocycles. The Morgan fingerprint density at radius 1 is 1.27 bits per heavy atom. The Bertz CT molecular complexity index is 702. The van der Waals surface area contributed by atoms with Crippen molar-refractivity contribution in [3.05, 3.63) is 47.0 Å². The summed E-state index contributed by atoms with van der Waals surface area (Å²) in [5.41, 5.74) is -0.221. The molecular weight excluding hydrogens is 284 g/mol. The Morgan fingerprint density at radius 3 is 2.95 bits per heavy atom. The van der Waals surface area contributed by atoms with Gasteiger partial charge in [-0.15, -0.1) is 0 Å². The van der Waals surface area contributed by atoms with Crippen LogP contribution in [0.3, 0.4) is 0 Å². The molecule has 8 heteroatoms. The SMILES string of the molecule is O=C(N[C@H]1CCCN(c2cnccn2)C1)c1cncc(=O)[nH]1. The molecule has 0 radical (unpaired) electrons. The minimum atomic E-state index is -0.391. The Balaban J connectivity index is 1.65. The first-order valence-corrected chi connectivity index (χ1v) is 7.08. The predicted molar refractivity (Wildman–Crippen MR) is 79.6 cm³/mol. The van der Waals surface area contributed by atoms with E-state index in [0.717, 1.165) is 31.4 Å². The first-order chi connectivity index (χ1) is 10.7. The number of carbonyl (C=O) groups excluding carboxylic acids is 1. The summed E-state index contributed by atoms with van der Waals surface area (Å²) in [5.74, 6) is 0.479. The van der Waals surface area contributed by atoms with Gasteiger partial charge in [0.05, 0.1) is 18.6 Å². The van der Waals surface area contributed by atoms with Crippen LogP contribution >= 0.6 is 0 Å². The van der Waals surface area contributed by atoms with Gasteiger partial charge in [0.25, 0.3) is 11.5 Å². The molecule has 0 unspecified atom stereocenters. The van der Waals surface area contributed by atoms with Crippen LogP contribution in [0.15, 0.2) is 35.8 Å².